The van der Waals surface area contributed by atoms with Crippen LogP contribution in [0.2, 0.25) is 0 Å². The van der Waals surface area contributed by atoms with E-state index in [1.54, 1.807) is 0 Å². The van der Waals surface area contributed by atoms with Gasteiger partial charge in [0.1, 0.15) is 5.82 Å². The molecule has 1 aliphatic heterocycles. The van der Waals surface area contributed by atoms with Gasteiger partial charge >= 0.3 is 0 Å². The van der Waals surface area contributed by atoms with Crippen LogP contribution in [0.1, 0.15) is 36.8 Å². The molecule has 0 bridgehead atoms. The van der Waals surface area contributed by atoms with E-state index in [2.05, 4.69) is 25.4 Å². The van der Waals surface area contributed by atoms with Crippen molar-refractivity contribution < 1.29 is 0 Å². The summed E-state index contributed by atoms with van der Waals surface area (Å²) >= 11 is 0. The molecule has 3 rings (SSSR count). The molecule has 16 heavy (non-hydrogen) atoms. The molecule has 1 aromatic heterocycles. The van der Waals surface area contributed by atoms with Crippen LogP contribution >= 0.6 is 0 Å². The predicted octanol–water partition coefficient (Wildman–Crippen LogP) is 0.477. The normalized spacial score (nSPS) is 23.2. The summed E-state index contributed by atoms with van der Waals surface area (Å²) in [5.41, 5.74) is 0. The molecule has 0 spiro atoms. The van der Waals surface area contributed by atoms with Gasteiger partial charge in [0.2, 0.25) is 0 Å². The van der Waals surface area contributed by atoms with E-state index in [0.29, 0.717) is 5.92 Å². The molecular formula is C11H19N5. The molecule has 0 radical (unpaired) electrons. The smallest absolute Gasteiger partial charge is 0.153 e. The minimum Gasteiger partial charge on any atom is -0.314 e. The SMILES string of the molecule is C1CC(c2n[nH]c(CN3CCNCC3)n2)C1. The lowest BCUT2D eigenvalue weighted by atomic mass is 9.85. The van der Waals surface area contributed by atoms with E-state index >= 15 is 0 Å². The Balaban J connectivity index is 1.58. The zero-order valence-electron chi connectivity index (χ0n) is 9.58. The molecule has 0 unspecified atom stereocenters. The quantitative estimate of drug-likeness (QED) is 0.779. The Bertz CT molecular complexity index is 338. The first-order valence-corrected chi connectivity index (χ1v) is 6.26. The average molecular weight is 221 g/mol. The third-order valence-corrected chi connectivity index (χ3v) is 3.60. The van der Waals surface area contributed by atoms with Crippen molar-refractivity contribution in [2.24, 2.45) is 0 Å². The number of aromatic nitrogens is 3. The number of hydrogen-bond acceptors (Lipinski definition) is 4. The highest BCUT2D eigenvalue weighted by molar-refractivity contribution is 5.01. The van der Waals surface area contributed by atoms with Gasteiger partial charge in [-0.3, -0.25) is 10.00 Å². The molecule has 0 aromatic carbocycles. The van der Waals surface area contributed by atoms with Gasteiger partial charge in [0.15, 0.2) is 5.82 Å². The number of piperazine rings is 1. The van der Waals surface area contributed by atoms with Crippen LogP contribution in [0.4, 0.5) is 0 Å². The van der Waals surface area contributed by atoms with Crippen molar-refractivity contribution in [3.8, 4) is 0 Å². The standard InChI is InChI=1S/C11H19N5/c1-2-9(3-1)11-13-10(14-15-11)8-16-6-4-12-5-7-16/h9,12H,1-8H2,(H,13,14,15). The number of nitrogens with one attached hydrogen (secondary N) is 2. The summed E-state index contributed by atoms with van der Waals surface area (Å²) in [4.78, 5) is 7.02. The lowest BCUT2D eigenvalue weighted by Crippen LogP contribution is -2.43. The van der Waals surface area contributed by atoms with Gasteiger partial charge in [0, 0.05) is 32.1 Å². The van der Waals surface area contributed by atoms with Crippen LogP contribution in [0.3, 0.4) is 0 Å². The Hall–Kier alpha value is -0.940. The Morgan fingerprint density at radius 1 is 1.25 bits per heavy atom. The minimum absolute atomic E-state index is 0.632. The van der Waals surface area contributed by atoms with Gasteiger partial charge in [-0.05, 0) is 12.8 Å². The number of H-pyrrole nitrogens is 1. The fourth-order valence-electron chi connectivity index (χ4n) is 2.31. The molecule has 2 aliphatic rings. The van der Waals surface area contributed by atoms with Crippen molar-refractivity contribution in [3.05, 3.63) is 11.6 Å². The van der Waals surface area contributed by atoms with E-state index in [1.807, 2.05) is 0 Å². The summed E-state index contributed by atoms with van der Waals surface area (Å²) in [6, 6.07) is 0. The zero-order chi connectivity index (χ0) is 10.8. The van der Waals surface area contributed by atoms with E-state index in [0.717, 1.165) is 44.4 Å². The summed E-state index contributed by atoms with van der Waals surface area (Å²) in [6.07, 6.45) is 3.88. The van der Waals surface area contributed by atoms with Gasteiger partial charge in [-0.15, -0.1) is 0 Å². The highest BCUT2D eigenvalue weighted by atomic mass is 15.3. The van der Waals surface area contributed by atoms with Crippen molar-refractivity contribution in [2.75, 3.05) is 26.2 Å². The number of aromatic amines is 1. The first-order chi connectivity index (χ1) is 7.92. The number of rotatable bonds is 3. The van der Waals surface area contributed by atoms with Gasteiger partial charge in [-0.25, -0.2) is 4.98 Å². The summed E-state index contributed by atoms with van der Waals surface area (Å²) < 4.78 is 0. The maximum absolute atomic E-state index is 4.60. The monoisotopic (exact) mass is 221 g/mol. The van der Waals surface area contributed by atoms with E-state index in [9.17, 15) is 0 Å². The molecule has 5 nitrogen and oxygen atoms in total. The second kappa shape index (κ2) is 4.51. The van der Waals surface area contributed by atoms with Gasteiger partial charge < -0.3 is 5.32 Å². The Morgan fingerprint density at radius 2 is 2.06 bits per heavy atom. The molecule has 1 saturated carbocycles. The molecule has 2 heterocycles. The van der Waals surface area contributed by atoms with Gasteiger partial charge in [0.05, 0.1) is 6.54 Å². The first kappa shape index (κ1) is 10.2. The van der Waals surface area contributed by atoms with Crippen LogP contribution in [0.15, 0.2) is 0 Å². The van der Waals surface area contributed by atoms with Gasteiger partial charge in [0.25, 0.3) is 0 Å². The highest BCUT2D eigenvalue weighted by Gasteiger charge is 2.23. The third kappa shape index (κ3) is 2.10. The van der Waals surface area contributed by atoms with Crippen LogP contribution in [0.5, 0.6) is 0 Å². The summed E-state index contributed by atoms with van der Waals surface area (Å²) in [6.45, 7) is 5.31. The topological polar surface area (TPSA) is 56.8 Å². The third-order valence-electron chi connectivity index (χ3n) is 3.60. The van der Waals surface area contributed by atoms with Gasteiger partial charge in [-0.2, -0.15) is 5.10 Å². The van der Waals surface area contributed by atoms with E-state index in [1.165, 1.54) is 19.3 Å². The first-order valence-electron chi connectivity index (χ1n) is 6.26. The minimum atomic E-state index is 0.632. The molecule has 1 aromatic rings. The fourth-order valence-corrected chi connectivity index (χ4v) is 2.31. The summed E-state index contributed by atoms with van der Waals surface area (Å²) in [5.74, 6) is 2.70. The van der Waals surface area contributed by atoms with Crippen LogP contribution in [-0.4, -0.2) is 46.3 Å². The van der Waals surface area contributed by atoms with E-state index < -0.39 is 0 Å². The Labute approximate surface area is 95.6 Å². The molecule has 1 aliphatic carbocycles. The molecule has 1 saturated heterocycles. The fraction of sp³-hybridized carbons (Fsp3) is 0.818. The molecule has 88 valence electrons. The maximum atomic E-state index is 4.60. The lowest BCUT2D eigenvalue weighted by molar-refractivity contribution is 0.228. The summed E-state index contributed by atoms with van der Waals surface area (Å²) in [7, 11) is 0. The van der Waals surface area contributed by atoms with Crippen molar-refractivity contribution in [1.29, 1.82) is 0 Å². The van der Waals surface area contributed by atoms with Crippen molar-refractivity contribution in [1.82, 2.24) is 25.4 Å². The van der Waals surface area contributed by atoms with Gasteiger partial charge in [-0.1, -0.05) is 6.42 Å². The Morgan fingerprint density at radius 3 is 2.75 bits per heavy atom. The van der Waals surface area contributed by atoms with Crippen molar-refractivity contribution in [2.45, 2.75) is 31.7 Å². The van der Waals surface area contributed by atoms with E-state index in [4.69, 9.17) is 0 Å². The lowest BCUT2D eigenvalue weighted by Gasteiger charge is -2.26. The van der Waals surface area contributed by atoms with Crippen LogP contribution in [0.25, 0.3) is 0 Å². The van der Waals surface area contributed by atoms with Crippen LogP contribution < -0.4 is 5.32 Å². The molecule has 5 heteroatoms. The largest absolute Gasteiger partial charge is 0.314 e. The molecule has 2 fully saturated rings. The number of hydrogen-bond donors (Lipinski definition) is 2. The van der Waals surface area contributed by atoms with Crippen molar-refractivity contribution in [3.63, 3.8) is 0 Å². The van der Waals surface area contributed by atoms with Crippen LogP contribution in [0, 0.1) is 0 Å². The highest BCUT2D eigenvalue weighted by Crippen LogP contribution is 2.34. The molecule has 2 N–H and O–H groups in total. The number of nitrogens with zero attached hydrogens (tertiary/aromatic N) is 3. The summed E-state index contributed by atoms with van der Waals surface area (Å²) in [5, 5.41) is 10.8. The zero-order valence-corrected chi connectivity index (χ0v) is 9.58. The molecule has 0 atom stereocenters. The second-order valence-electron chi connectivity index (χ2n) is 4.79. The van der Waals surface area contributed by atoms with E-state index in [-0.39, 0.29) is 0 Å². The molecular weight excluding hydrogens is 202 g/mol. The predicted molar refractivity (Wildman–Crippen MR) is 61.1 cm³/mol. The second-order valence-corrected chi connectivity index (χ2v) is 4.79. The average Bonchev–Trinajstić information content (AvgIpc) is 2.65. The maximum Gasteiger partial charge on any atom is 0.153 e. The Kier molecular flexibility index (Phi) is 2.88. The van der Waals surface area contributed by atoms with Crippen molar-refractivity contribution >= 4 is 0 Å². The molecule has 0 amide bonds. The van der Waals surface area contributed by atoms with Crippen LogP contribution in [-0.2, 0) is 6.54 Å².